The van der Waals surface area contributed by atoms with Gasteiger partial charge in [0.05, 0.1) is 18.3 Å². The lowest BCUT2D eigenvalue weighted by Gasteiger charge is -2.49. The van der Waals surface area contributed by atoms with Gasteiger partial charge in [0.2, 0.25) is 5.82 Å². The molecule has 0 radical (unpaired) electrons. The van der Waals surface area contributed by atoms with Gasteiger partial charge in [0.15, 0.2) is 33.0 Å². The van der Waals surface area contributed by atoms with E-state index < -0.39 is 91.8 Å². The van der Waals surface area contributed by atoms with E-state index in [0.717, 1.165) is 19.5 Å². The highest BCUT2D eigenvalue weighted by Gasteiger charge is 2.76. The maximum Gasteiger partial charge on any atom is 0.352 e. The molecule has 1 saturated carbocycles. The van der Waals surface area contributed by atoms with Gasteiger partial charge < -0.3 is 9.84 Å². The minimum absolute atomic E-state index is 0.0854. The Morgan fingerprint density at radius 2 is 1.39 bits per heavy atom. The molecule has 0 bridgehead atoms. The average molecular weight is 786 g/mol. The molecule has 2 amide bonds. The van der Waals surface area contributed by atoms with Crippen LogP contribution in [0.3, 0.4) is 0 Å². The first-order valence-electron chi connectivity index (χ1n) is 16.2. The number of allylic oxidation sites excluding steroid dienone is 2. The zero-order chi connectivity index (χ0) is 38.4. The van der Waals surface area contributed by atoms with E-state index in [4.69, 9.17) is 27.9 Å². The van der Waals surface area contributed by atoms with Crippen molar-refractivity contribution in [1.29, 1.82) is 0 Å². The molecular weight excluding hydrogens is 762 g/mol. The number of benzene rings is 4. The highest BCUT2D eigenvalue weighted by atomic mass is 35.5. The van der Waals surface area contributed by atoms with Crippen LogP contribution in [-0.2, 0) is 22.7 Å². The fourth-order valence-corrected chi connectivity index (χ4v) is 8.48. The molecule has 2 aliphatic heterocycles. The number of amides is 2. The van der Waals surface area contributed by atoms with Crippen LogP contribution in [0.2, 0.25) is 0 Å². The second kappa shape index (κ2) is 12.5. The predicted octanol–water partition coefficient (Wildman–Crippen LogP) is 5.98. The Labute approximate surface area is 310 Å². The van der Waals surface area contributed by atoms with Crippen molar-refractivity contribution in [2.45, 2.75) is 41.3 Å². The Balaban J connectivity index is 1.32. The number of carbonyl (C=O) groups excluding carboxylic acids is 2. The summed E-state index contributed by atoms with van der Waals surface area (Å²) in [5, 5.41) is 11.5. The molecule has 4 aromatic carbocycles. The maximum absolute atomic E-state index is 15.3. The number of carbonyl (C=O) groups is 2. The van der Waals surface area contributed by atoms with Crippen molar-refractivity contribution in [3.05, 3.63) is 152 Å². The van der Waals surface area contributed by atoms with Gasteiger partial charge in [-0.2, -0.15) is 0 Å². The summed E-state index contributed by atoms with van der Waals surface area (Å²) < 4.78 is 82.4. The number of halogens is 7. The van der Waals surface area contributed by atoms with E-state index in [9.17, 15) is 37.5 Å². The average Bonchev–Trinajstić information content (AvgIpc) is 3.51. The molecule has 5 aromatic rings. The number of phenolic OH excluding ortho intramolecular Hbond substituents is 1. The number of anilines is 1. The van der Waals surface area contributed by atoms with Crippen LogP contribution >= 0.6 is 23.2 Å². The van der Waals surface area contributed by atoms with Crippen LogP contribution in [0, 0.1) is 29.1 Å². The van der Waals surface area contributed by atoms with Gasteiger partial charge in [-0.3, -0.25) is 9.59 Å². The number of hydrogen-bond acceptors (Lipinski definition) is 6. The second-order valence-corrected chi connectivity index (χ2v) is 14.1. The Morgan fingerprint density at radius 1 is 0.778 bits per heavy atom. The summed E-state index contributed by atoms with van der Waals surface area (Å²) in [5.41, 5.74) is -2.71. The Hall–Kier alpha value is -5.67. The highest BCUT2D eigenvalue weighted by Crippen LogP contribution is 2.65. The first kappa shape index (κ1) is 35.4. The van der Waals surface area contributed by atoms with Crippen LogP contribution in [0.4, 0.5) is 27.6 Å². The van der Waals surface area contributed by atoms with Gasteiger partial charge in [0.25, 0.3) is 11.8 Å². The standard InChI is InChI=1S/C37H23Cl2F5N4O6/c38-36-16-23-21(13-14-45-34(52)46(35(53)48(23)45)19-9-5-2-6-10-19)25(22-12-11-20(15-24(22)49)54-17-18-7-3-1-4-8-18)37(36,39)33(51)47(32(36)50)31-29(43)27(41)26(40)28(42)30(31)44/h1-13,15,23,25,49H,14,16-17H2/t23-,25-,36-,37+/m1/s1. The normalized spacial score (nSPS) is 23.2. The number of para-hydroxylation sites is 1. The molecular formula is C37H23Cl2F5N4O6. The molecule has 4 atom stereocenters. The van der Waals surface area contributed by atoms with Crippen LogP contribution < -0.4 is 21.0 Å². The van der Waals surface area contributed by atoms with Crippen molar-refractivity contribution in [2.24, 2.45) is 0 Å². The van der Waals surface area contributed by atoms with Crippen molar-refractivity contribution < 1.29 is 41.4 Å². The third kappa shape index (κ3) is 4.77. The van der Waals surface area contributed by atoms with Crippen LogP contribution in [0.1, 0.15) is 29.5 Å². The molecule has 3 heterocycles. The van der Waals surface area contributed by atoms with Crippen LogP contribution in [0.15, 0.2) is 100 Å². The van der Waals surface area contributed by atoms with Gasteiger partial charge in [-0.05, 0) is 29.3 Å². The minimum atomic E-state index is -2.83. The maximum atomic E-state index is 15.3. The number of fused-ring (bicyclic) bond motifs is 4. The number of imide groups is 1. The lowest BCUT2D eigenvalue weighted by atomic mass is 9.64. The molecule has 0 spiro atoms. The van der Waals surface area contributed by atoms with Gasteiger partial charge in [-0.1, -0.05) is 60.7 Å². The van der Waals surface area contributed by atoms with E-state index in [2.05, 4.69) is 0 Å². The topological polar surface area (TPSA) is 116 Å². The van der Waals surface area contributed by atoms with Gasteiger partial charge in [-0.25, -0.2) is 50.4 Å². The number of phenols is 1. The van der Waals surface area contributed by atoms with Crippen molar-refractivity contribution in [1.82, 2.24) is 13.9 Å². The van der Waals surface area contributed by atoms with Crippen LogP contribution in [-0.4, -0.2) is 40.6 Å². The second-order valence-electron chi connectivity index (χ2n) is 12.9. The lowest BCUT2D eigenvalue weighted by molar-refractivity contribution is -0.122. The minimum Gasteiger partial charge on any atom is -0.508 e. The van der Waals surface area contributed by atoms with E-state index in [1.807, 2.05) is 6.07 Å². The lowest BCUT2D eigenvalue weighted by Crippen LogP contribution is -2.59. The van der Waals surface area contributed by atoms with Gasteiger partial charge in [0.1, 0.15) is 23.8 Å². The molecule has 2 fully saturated rings. The van der Waals surface area contributed by atoms with Crippen molar-refractivity contribution in [3.63, 3.8) is 0 Å². The largest absolute Gasteiger partial charge is 0.508 e. The molecule has 0 unspecified atom stereocenters. The fourth-order valence-electron chi connectivity index (χ4n) is 7.57. The van der Waals surface area contributed by atoms with E-state index >= 15 is 8.78 Å². The summed E-state index contributed by atoms with van der Waals surface area (Å²) in [6.45, 7) is -0.204. The van der Waals surface area contributed by atoms with Crippen molar-refractivity contribution >= 4 is 40.7 Å². The van der Waals surface area contributed by atoms with E-state index in [1.165, 1.54) is 36.4 Å². The Kier molecular flexibility index (Phi) is 8.15. The van der Waals surface area contributed by atoms with Crippen molar-refractivity contribution in [2.75, 3.05) is 4.90 Å². The van der Waals surface area contributed by atoms with Crippen LogP contribution in [0.25, 0.3) is 5.69 Å². The van der Waals surface area contributed by atoms with Crippen molar-refractivity contribution in [3.8, 4) is 17.2 Å². The summed E-state index contributed by atoms with van der Waals surface area (Å²) in [5.74, 6) is -17.9. The molecule has 10 nitrogen and oxygen atoms in total. The number of rotatable bonds is 6. The number of ether oxygens (including phenoxy) is 1. The number of alkyl halides is 2. The first-order valence-corrected chi connectivity index (χ1v) is 17.0. The Bertz CT molecular complexity index is 2550. The Morgan fingerprint density at radius 3 is 2.02 bits per heavy atom. The summed E-state index contributed by atoms with van der Waals surface area (Å²) in [6, 6.07) is 19.3. The molecule has 54 heavy (non-hydrogen) atoms. The zero-order valence-corrected chi connectivity index (χ0v) is 28.8. The third-order valence-corrected chi connectivity index (χ3v) is 11.5. The summed E-state index contributed by atoms with van der Waals surface area (Å²) >= 11 is 14.3. The molecule has 3 aliphatic rings. The number of aromatic hydroxyl groups is 1. The quantitative estimate of drug-likeness (QED) is 0.0567. The van der Waals surface area contributed by atoms with Gasteiger partial charge in [-0.15, -0.1) is 23.2 Å². The first-order chi connectivity index (χ1) is 25.7. The van der Waals surface area contributed by atoms with E-state index in [-0.39, 0.29) is 40.6 Å². The smallest absolute Gasteiger partial charge is 0.352 e. The number of nitrogens with zero attached hydrogens (tertiary/aromatic N) is 4. The monoisotopic (exact) mass is 784 g/mol. The predicted molar refractivity (Wildman–Crippen MR) is 184 cm³/mol. The summed E-state index contributed by atoms with van der Waals surface area (Å²) in [7, 11) is 0. The molecule has 8 rings (SSSR count). The fraction of sp³-hybridized carbons (Fsp3) is 0.189. The molecule has 1 saturated heterocycles. The van der Waals surface area contributed by atoms with Gasteiger partial charge >= 0.3 is 11.4 Å². The zero-order valence-electron chi connectivity index (χ0n) is 27.3. The molecule has 1 aliphatic carbocycles. The van der Waals surface area contributed by atoms with Crippen LogP contribution in [0.5, 0.6) is 11.5 Å². The number of hydrogen-bond donors (Lipinski definition) is 1. The molecule has 1 aromatic heterocycles. The summed E-state index contributed by atoms with van der Waals surface area (Å²) in [4.78, 5) is 50.7. The molecule has 17 heteroatoms. The highest BCUT2D eigenvalue weighted by molar-refractivity contribution is 6.58. The summed E-state index contributed by atoms with van der Waals surface area (Å²) in [6.07, 6.45) is 0.651. The van der Waals surface area contributed by atoms with Gasteiger partial charge in [0, 0.05) is 24.0 Å². The third-order valence-electron chi connectivity index (χ3n) is 10.1. The van der Waals surface area contributed by atoms with E-state index in [0.29, 0.717) is 0 Å². The molecule has 276 valence electrons. The SMILES string of the molecule is O=C1N(c2c(F)c(F)c(F)c(F)c2F)C(=O)[C@@]2(Cl)[C@@H](c3ccc(OCc4ccccc4)cc3O)C3=CCn4c(=O)n(-c5ccccc5)c(=O)n4[C@@H]3C[C@@]12Cl. The molecule has 1 N–H and O–H groups in total. The van der Waals surface area contributed by atoms with E-state index in [1.54, 1.807) is 42.5 Å². The number of aromatic nitrogens is 3.